The molecule has 3 heteroatoms. The van der Waals surface area contributed by atoms with Gasteiger partial charge in [-0.3, -0.25) is 0 Å². The first kappa shape index (κ1) is 10.7. The second kappa shape index (κ2) is 4.77. The monoisotopic (exact) mass is 193 g/mol. The first-order chi connectivity index (χ1) is 6.65. The van der Waals surface area contributed by atoms with Crippen LogP contribution in [-0.4, -0.2) is 17.6 Å². The summed E-state index contributed by atoms with van der Waals surface area (Å²) < 4.78 is 0. The van der Waals surface area contributed by atoms with Crippen molar-refractivity contribution in [2.45, 2.75) is 20.4 Å². The molecular weight excluding hydrogens is 178 g/mol. The highest BCUT2D eigenvalue weighted by molar-refractivity contribution is 5.89. The zero-order valence-corrected chi connectivity index (χ0v) is 8.50. The van der Waals surface area contributed by atoms with E-state index in [-0.39, 0.29) is 0 Å². The van der Waals surface area contributed by atoms with Crippen LogP contribution in [0.2, 0.25) is 0 Å². The molecule has 0 saturated heterocycles. The van der Waals surface area contributed by atoms with Crippen molar-refractivity contribution < 1.29 is 9.90 Å². The predicted octanol–water partition coefficient (Wildman–Crippen LogP) is 1.80. The minimum absolute atomic E-state index is 0.389. The number of hydrogen-bond donors (Lipinski definition) is 2. The third-order valence-corrected chi connectivity index (χ3v) is 2.11. The molecule has 0 fully saturated rings. The van der Waals surface area contributed by atoms with Crippen LogP contribution in [0, 0.1) is 6.92 Å². The Kier molecular flexibility index (Phi) is 3.65. The Morgan fingerprint density at radius 3 is 2.79 bits per heavy atom. The quantitative estimate of drug-likeness (QED) is 0.766. The molecule has 1 aromatic carbocycles. The first-order valence-electron chi connectivity index (χ1n) is 4.68. The minimum atomic E-state index is -0.860. The van der Waals surface area contributed by atoms with Crippen LogP contribution < -0.4 is 5.32 Å². The summed E-state index contributed by atoms with van der Waals surface area (Å²) in [7, 11) is 0. The Morgan fingerprint density at radius 1 is 1.50 bits per heavy atom. The van der Waals surface area contributed by atoms with Gasteiger partial charge in [-0.1, -0.05) is 19.1 Å². The van der Waals surface area contributed by atoms with Crippen LogP contribution in [0.25, 0.3) is 0 Å². The smallest absolute Gasteiger partial charge is 0.335 e. The van der Waals surface area contributed by atoms with E-state index >= 15 is 0 Å². The maximum absolute atomic E-state index is 10.8. The molecular formula is C11H15NO2. The Hall–Kier alpha value is -1.35. The van der Waals surface area contributed by atoms with E-state index < -0.39 is 5.97 Å². The molecule has 2 N–H and O–H groups in total. The molecule has 0 radical (unpaired) electrons. The van der Waals surface area contributed by atoms with Gasteiger partial charge in [-0.2, -0.15) is 0 Å². The number of carbonyl (C=O) groups is 1. The van der Waals surface area contributed by atoms with E-state index in [1.165, 1.54) is 0 Å². The van der Waals surface area contributed by atoms with Gasteiger partial charge in [0.25, 0.3) is 0 Å². The standard InChI is InChI=1S/C11H15NO2/c1-3-12-7-9-5-4-8(2)10(6-9)11(13)14/h4-6,12H,3,7H2,1-2H3,(H,13,14). The molecule has 0 bridgehead atoms. The van der Waals surface area contributed by atoms with Gasteiger partial charge in [0, 0.05) is 6.54 Å². The van der Waals surface area contributed by atoms with Gasteiger partial charge in [0.2, 0.25) is 0 Å². The highest BCUT2D eigenvalue weighted by Crippen LogP contribution is 2.11. The molecule has 0 unspecified atom stereocenters. The molecule has 1 rings (SSSR count). The molecule has 0 aliphatic heterocycles. The summed E-state index contributed by atoms with van der Waals surface area (Å²) >= 11 is 0. The molecule has 0 atom stereocenters. The van der Waals surface area contributed by atoms with Crippen molar-refractivity contribution in [3.8, 4) is 0 Å². The number of hydrogen-bond acceptors (Lipinski definition) is 2. The van der Waals surface area contributed by atoms with Gasteiger partial charge >= 0.3 is 5.97 Å². The third kappa shape index (κ3) is 2.57. The van der Waals surface area contributed by atoms with Crippen molar-refractivity contribution in [1.29, 1.82) is 0 Å². The Bertz CT molecular complexity index is 334. The molecule has 3 nitrogen and oxygen atoms in total. The molecule has 0 aromatic heterocycles. The van der Waals surface area contributed by atoms with Crippen LogP contribution in [0.15, 0.2) is 18.2 Å². The summed E-state index contributed by atoms with van der Waals surface area (Å²) in [6.45, 7) is 5.43. The lowest BCUT2D eigenvalue weighted by Gasteiger charge is -2.05. The molecule has 0 spiro atoms. The van der Waals surface area contributed by atoms with Crippen molar-refractivity contribution in [3.63, 3.8) is 0 Å². The fourth-order valence-electron chi connectivity index (χ4n) is 1.28. The lowest BCUT2D eigenvalue weighted by molar-refractivity contribution is 0.0696. The second-order valence-corrected chi connectivity index (χ2v) is 3.23. The maximum atomic E-state index is 10.8. The van der Waals surface area contributed by atoms with Gasteiger partial charge in [-0.05, 0) is 30.7 Å². The zero-order chi connectivity index (χ0) is 10.6. The molecule has 0 amide bonds. The van der Waals surface area contributed by atoms with Crippen LogP contribution >= 0.6 is 0 Å². The van der Waals surface area contributed by atoms with E-state index in [0.29, 0.717) is 5.56 Å². The number of benzene rings is 1. The van der Waals surface area contributed by atoms with E-state index in [0.717, 1.165) is 24.2 Å². The van der Waals surface area contributed by atoms with Crippen molar-refractivity contribution in [1.82, 2.24) is 5.32 Å². The van der Waals surface area contributed by atoms with Gasteiger partial charge in [0.1, 0.15) is 0 Å². The van der Waals surface area contributed by atoms with Crippen LogP contribution in [-0.2, 0) is 6.54 Å². The van der Waals surface area contributed by atoms with E-state index in [1.54, 1.807) is 13.0 Å². The number of carboxylic acids is 1. The second-order valence-electron chi connectivity index (χ2n) is 3.23. The van der Waals surface area contributed by atoms with E-state index in [9.17, 15) is 4.79 Å². The summed E-state index contributed by atoms with van der Waals surface area (Å²) in [5.74, 6) is -0.860. The lowest BCUT2D eigenvalue weighted by atomic mass is 10.1. The number of aromatic carboxylic acids is 1. The van der Waals surface area contributed by atoms with Crippen molar-refractivity contribution >= 4 is 5.97 Å². The fraction of sp³-hybridized carbons (Fsp3) is 0.364. The van der Waals surface area contributed by atoms with Crippen molar-refractivity contribution in [2.75, 3.05) is 6.54 Å². The van der Waals surface area contributed by atoms with Gasteiger partial charge in [-0.15, -0.1) is 0 Å². The topological polar surface area (TPSA) is 49.3 Å². The fourth-order valence-corrected chi connectivity index (χ4v) is 1.28. The zero-order valence-electron chi connectivity index (χ0n) is 8.50. The largest absolute Gasteiger partial charge is 0.478 e. The first-order valence-corrected chi connectivity index (χ1v) is 4.68. The molecule has 0 saturated carbocycles. The van der Waals surface area contributed by atoms with Gasteiger partial charge in [0.05, 0.1) is 5.56 Å². The number of rotatable bonds is 4. The van der Waals surface area contributed by atoms with Gasteiger partial charge < -0.3 is 10.4 Å². The number of aryl methyl sites for hydroxylation is 1. The molecule has 0 aliphatic carbocycles. The SMILES string of the molecule is CCNCc1ccc(C)c(C(=O)O)c1. The Labute approximate surface area is 83.8 Å². The van der Waals surface area contributed by atoms with Crippen LogP contribution in [0.1, 0.15) is 28.4 Å². The average Bonchev–Trinajstić information content (AvgIpc) is 2.16. The summed E-state index contributed by atoms with van der Waals surface area (Å²) in [5.41, 5.74) is 2.20. The summed E-state index contributed by atoms with van der Waals surface area (Å²) in [4.78, 5) is 10.8. The summed E-state index contributed by atoms with van der Waals surface area (Å²) in [6, 6.07) is 5.51. The van der Waals surface area contributed by atoms with Crippen LogP contribution in [0.3, 0.4) is 0 Å². The predicted molar refractivity (Wildman–Crippen MR) is 55.5 cm³/mol. The molecule has 1 aromatic rings. The highest BCUT2D eigenvalue weighted by atomic mass is 16.4. The van der Waals surface area contributed by atoms with Crippen molar-refractivity contribution in [2.24, 2.45) is 0 Å². The lowest BCUT2D eigenvalue weighted by Crippen LogP contribution is -2.12. The highest BCUT2D eigenvalue weighted by Gasteiger charge is 2.06. The van der Waals surface area contributed by atoms with E-state index in [4.69, 9.17) is 5.11 Å². The van der Waals surface area contributed by atoms with E-state index in [1.807, 2.05) is 19.1 Å². The number of carboxylic acid groups (broad SMARTS) is 1. The normalized spacial score (nSPS) is 10.1. The molecule has 14 heavy (non-hydrogen) atoms. The van der Waals surface area contributed by atoms with Crippen molar-refractivity contribution in [3.05, 3.63) is 34.9 Å². The van der Waals surface area contributed by atoms with Crippen LogP contribution in [0.4, 0.5) is 0 Å². The average molecular weight is 193 g/mol. The Morgan fingerprint density at radius 2 is 2.21 bits per heavy atom. The van der Waals surface area contributed by atoms with Gasteiger partial charge in [-0.25, -0.2) is 4.79 Å². The summed E-state index contributed by atoms with van der Waals surface area (Å²) in [5, 5.41) is 12.1. The summed E-state index contributed by atoms with van der Waals surface area (Å²) in [6.07, 6.45) is 0. The molecule has 0 heterocycles. The van der Waals surface area contributed by atoms with Gasteiger partial charge in [0.15, 0.2) is 0 Å². The number of nitrogens with one attached hydrogen (secondary N) is 1. The Balaban J connectivity index is 2.89. The molecule has 76 valence electrons. The minimum Gasteiger partial charge on any atom is -0.478 e. The molecule has 0 aliphatic rings. The van der Waals surface area contributed by atoms with Crippen LogP contribution in [0.5, 0.6) is 0 Å². The third-order valence-electron chi connectivity index (χ3n) is 2.11. The maximum Gasteiger partial charge on any atom is 0.335 e. The van der Waals surface area contributed by atoms with E-state index in [2.05, 4.69) is 5.32 Å².